The first-order valence-corrected chi connectivity index (χ1v) is 4.96. The van der Waals surface area contributed by atoms with Gasteiger partial charge in [0.1, 0.15) is 0 Å². The lowest BCUT2D eigenvalue weighted by Crippen LogP contribution is -2.19. The molecule has 0 aliphatic carbocycles. The summed E-state index contributed by atoms with van der Waals surface area (Å²) in [6.45, 7) is 6.92. The molecular weight excluding hydrogens is 239 g/mol. The van der Waals surface area contributed by atoms with Gasteiger partial charge in [-0.15, -0.1) is 0 Å². The van der Waals surface area contributed by atoms with Gasteiger partial charge in [0.25, 0.3) is 0 Å². The van der Waals surface area contributed by atoms with Crippen LogP contribution in [-0.2, 0) is 0 Å². The summed E-state index contributed by atoms with van der Waals surface area (Å²) >= 11 is 1.65. The molecule has 0 saturated heterocycles. The molecule has 0 aromatic heterocycles. The zero-order valence-corrected chi connectivity index (χ0v) is 9.39. The van der Waals surface area contributed by atoms with Gasteiger partial charge in [0.15, 0.2) is 0 Å². The Bertz CT molecular complexity index is 44.9. The highest BCUT2D eigenvalue weighted by Gasteiger charge is 1.90. The van der Waals surface area contributed by atoms with Gasteiger partial charge < -0.3 is 4.90 Å². The molecule has 0 amide bonds. The highest BCUT2D eigenvalue weighted by Crippen LogP contribution is 1.86. The number of hydrogen-bond donors (Lipinski definition) is 1. The Labute approximate surface area is 78.7 Å². The summed E-state index contributed by atoms with van der Waals surface area (Å²) in [5, 5.41) is 0. The van der Waals surface area contributed by atoms with Crippen LogP contribution in [-0.4, -0.2) is 25.0 Å². The smallest absolute Gasteiger partial charge is 0.0137 e. The van der Waals surface area contributed by atoms with Gasteiger partial charge in [0, 0.05) is 22.9 Å². The zero-order chi connectivity index (χ0) is 8.41. The van der Waals surface area contributed by atoms with Crippen LogP contribution in [0.25, 0.3) is 0 Å². The van der Waals surface area contributed by atoms with E-state index >= 15 is 0 Å². The Balaban J connectivity index is 0. The molecule has 3 heteroatoms. The number of halogens is 1. The quantitative estimate of drug-likeness (QED) is 0.617. The van der Waals surface area contributed by atoms with E-state index in [1.54, 1.807) is 22.9 Å². The average molecular weight is 258 g/mol. The minimum atomic E-state index is 1.24. The fourth-order valence-corrected chi connectivity index (χ4v) is 0.875. The molecule has 0 aliphatic rings. The van der Waals surface area contributed by atoms with E-state index in [1.807, 2.05) is 0 Å². The lowest BCUT2D eigenvalue weighted by Gasteiger charge is -2.12. The summed E-state index contributed by atoms with van der Waals surface area (Å²) in [4.78, 5) is 2.36. The van der Waals surface area contributed by atoms with Crippen molar-refractivity contribution >= 4 is 22.9 Å². The Kier molecular flexibility index (Phi) is 16.4. The Morgan fingerprint density at radius 2 is 1.40 bits per heavy atom. The molecule has 0 unspecified atom stereocenters. The van der Waals surface area contributed by atoms with E-state index in [4.69, 9.17) is 0 Å². The van der Waals surface area contributed by atoms with Crippen LogP contribution in [0.1, 0.15) is 26.7 Å². The molecule has 0 saturated carbocycles. The molecule has 2 nitrogen and oxygen atoms in total. The zero-order valence-electron chi connectivity index (χ0n) is 7.23. The average Bonchev–Trinajstić information content (AvgIpc) is 1.93. The molecular formula is C7H19IN2. The fourth-order valence-electron chi connectivity index (χ4n) is 0.875. The van der Waals surface area contributed by atoms with Gasteiger partial charge in [-0.05, 0) is 33.0 Å². The SMILES string of the molecule is CCCN(C)CCC.NI. The second kappa shape index (κ2) is 12.3. The second-order valence-corrected chi connectivity index (χ2v) is 2.30. The fraction of sp³-hybridized carbons (Fsp3) is 1.00. The van der Waals surface area contributed by atoms with Crippen LogP contribution in [0.5, 0.6) is 0 Å². The Morgan fingerprint density at radius 1 is 1.10 bits per heavy atom. The third-order valence-corrected chi connectivity index (χ3v) is 1.21. The van der Waals surface area contributed by atoms with Crippen LogP contribution in [0.4, 0.5) is 0 Å². The van der Waals surface area contributed by atoms with E-state index in [-0.39, 0.29) is 0 Å². The van der Waals surface area contributed by atoms with Crippen LogP contribution in [0.15, 0.2) is 0 Å². The van der Waals surface area contributed by atoms with Crippen LogP contribution in [0.3, 0.4) is 0 Å². The summed E-state index contributed by atoms with van der Waals surface area (Å²) in [6.07, 6.45) is 2.55. The van der Waals surface area contributed by atoms with Gasteiger partial charge in [0.05, 0.1) is 0 Å². The molecule has 64 valence electrons. The first-order chi connectivity index (χ1) is 4.81. The molecule has 0 bridgehead atoms. The lowest BCUT2D eigenvalue weighted by atomic mass is 10.4. The molecule has 0 atom stereocenters. The van der Waals surface area contributed by atoms with Crippen LogP contribution in [0.2, 0.25) is 0 Å². The summed E-state index contributed by atoms with van der Waals surface area (Å²) in [7, 11) is 2.17. The molecule has 0 aromatic rings. The molecule has 0 spiro atoms. The van der Waals surface area contributed by atoms with Gasteiger partial charge in [0.2, 0.25) is 0 Å². The summed E-state index contributed by atoms with van der Waals surface area (Å²) < 4.78 is 4.47. The van der Waals surface area contributed by atoms with Gasteiger partial charge >= 0.3 is 0 Å². The normalized spacial score (nSPS) is 9.00. The Hall–Kier alpha value is 0.650. The first-order valence-electron chi connectivity index (χ1n) is 3.71. The molecule has 2 N–H and O–H groups in total. The minimum Gasteiger partial charge on any atom is -0.306 e. The van der Waals surface area contributed by atoms with Crippen LogP contribution < -0.4 is 3.95 Å². The third-order valence-electron chi connectivity index (χ3n) is 1.21. The molecule has 0 aliphatic heterocycles. The summed E-state index contributed by atoms with van der Waals surface area (Å²) in [6, 6.07) is 0. The maximum absolute atomic E-state index is 4.47. The molecule has 0 fully saturated rings. The van der Waals surface area contributed by atoms with E-state index in [2.05, 4.69) is 29.7 Å². The van der Waals surface area contributed by atoms with E-state index in [9.17, 15) is 0 Å². The van der Waals surface area contributed by atoms with Crippen molar-refractivity contribution in [2.45, 2.75) is 26.7 Å². The largest absolute Gasteiger partial charge is 0.306 e. The van der Waals surface area contributed by atoms with E-state index in [0.717, 1.165) is 0 Å². The van der Waals surface area contributed by atoms with E-state index in [1.165, 1.54) is 25.9 Å². The number of rotatable bonds is 4. The second-order valence-electron chi connectivity index (χ2n) is 2.30. The highest BCUT2D eigenvalue weighted by atomic mass is 127. The molecule has 0 radical (unpaired) electrons. The van der Waals surface area contributed by atoms with Crippen molar-refractivity contribution in [1.29, 1.82) is 0 Å². The third kappa shape index (κ3) is 11.4. The van der Waals surface area contributed by atoms with Gasteiger partial charge in [-0.3, -0.25) is 3.95 Å². The first kappa shape index (κ1) is 13.3. The Morgan fingerprint density at radius 3 is 1.60 bits per heavy atom. The molecule has 0 heterocycles. The van der Waals surface area contributed by atoms with Crippen molar-refractivity contribution in [3.8, 4) is 0 Å². The van der Waals surface area contributed by atoms with Crippen molar-refractivity contribution in [2.75, 3.05) is 20.1 Å². The molecule has 0 aromatic carbocycles. The van der Waals surface area contributed by atoms with Crippen molar-refractivity contribution in [2.24, 2.45) is 3.95 Å². The number of hydrogen-bond acceptors (Lipinski definition) is 2. The van der Waals surface area contributed by atoms with Crippen molar-refractivity contribution in [3.05, 3.63) is 0 Å². The van der Waals surface area contributed by atoms with Gasteiger partial charge in [-0.2, -0.15) is 0 Å². The maximum atomic E-state index is 4.47. The summed E-state index contributed by atoms with van der Waals surface area (Å²) in [5.74, 6) is 0. The van der Waals surface area contributed by atoms with Crippen LogP contribution in [0, 0.1) is 0 Å². The maximum Gasteiger partial charge on any atom is 0.0137 e. The minimum absolute atomic E-state index is 1.24. The van der Waals surface area contributed by atoms with E-state index in [0.29, 0.717) is 0 Å². The molecule has 0 rings (SSSR count). The van der Waals surface area contributed by atoms with E-state index < -0.39 is 0 Å². The van der Waals surface area contributed by atoms with Gasteiger partial charge in [-0.1, -0.05) is 13.8 Å². The van der Waals surface area contributed by atoms with Crippen molar-refractivity contribution in [1.82, 2.24) is 4.90 Å². The number of nitrogens with two attached hydrogens (primary N) is 1. The van der Waals surface area contributed by atoms with Crippen molar-refractivity contribution < 1.29 is 0 Å². The number of nitrogens with zero attached hydrogens (tertiary/aromatic N) is 1. The predicted octanol–water partition coefficient (Wildman–Crippen LogP) is 2.03. The highest BCUT2D eigenvalue weighted by molar-refractivity contribution is 14.1. The topological polar surface area (TPSA) is 29.3 Å². The predicted molar refractivity (Wildman–Crippen MR) is 56.3 cm³/mol. The van der Waals surface area contributed by atoms with Crippen molar-refractivity contribution in [3.63, 3.8) is 0 Å². The summed E-state index contributed by atoms with van der Waals surface area (Å²) in [5.41, 5.74) is 0. The molecule has 10 heavy (non-hydrogen) atoms. The lowest BCUT2D eigenvalue weighted by molar-refractivity contribution is 0.335. The monoisotopic (exact) mass is 258 g/mol. The van der Waals surface area contributed by atoms with Gasteiger partial charge in [-0.25, -0.2) is 0 Å². The van der Waals surface area contributed by atoms with Crippen LogP contribution >= 0.6 is 22.9 Å². The standard InChI is InChI=1S/C7H17N.H2IN/c1-4-6-8(3)7-5-2;1-2/h4-7H2,1-3H3;2H2.